The van der Waals surface area contributed by atoms with Crippen LogP contribution < -0.4 is 5.32 Å². The van der Waals surface area contributed by atoms with Crippen LogP contribution in [0.2, 0.25) is 0 Å². The van der Waals surface area contributed by atoms with Crippen molar-refractivity contribution in [1.82, 2.24) is 10.2 Å². The minimum atomic E-state index is -0.547. The summed E-state index contributed by atoms with van der Waals surface area (Å²) < 4.78 is 5.59. The molecule has 2 heterocycles. The van der Waals surface area contributed by atoms with Crippen LogP contribution >= 0.6 is 0 Å². The van der Waals surface area contributed by atoms with E-state index in [1.165, 1.54) is 11.1 Å². The van der Waals surface area contributed by atoms with Gasteiger partial charge in [-0.05, 0) is 42.7 Å². The van der Waals surface area contributed by atoms with E-state index >= 15 is 0 Å². The number of piperidine rings is 1. The highest BCUT2D eigenvalue weighted by Crippen LogP contribution is 2.30. The third-order valence-corrected chi connectivity index (χ3v) is 6.60. The lowest BCUT2D eigenvalue weighted by atomic mass is 9.85. The first-order valence-electron chi connectivity index (χ1n) is 10.8. The summed E-state index contributed by atoms with van der Waals surface area (Å²) in [5.74, 6) is 0.911. The van der Waals surface area contributed by atoms with Gasteiger partial charge < -0.3 is 15.0 Å². The first kappa shape index (κ1) is 20.1. The number of nitrogens with zero attached hydrogens (tertiary/aromatic N) is 1. The van der Waals surface area contributed by atoms with E-state index in [1.807, 2.05) is 18.2 Å². The van der Waals surface area contributed by atoms with Crippen LogP contribution in [0.5, 0.6) is 0 Å². The standard InChI is InChI=1S/C25H32N2O2/c1-29-23-18-25(26-19-23,17-22-10-6-3-7-11-22)24(28)27-14-12-21(13-15-27)16-20-8-4-2-5-9-20/h2-11,21,23,26H,12-19H2,1H3/t23-,25+/m1/s1. The number of benzene rings is 2. The van der Waals surface area contributed by atoms with Gasteiger partial charge in [0.25, 0.3) is 0 Å². The summed E-state index contributed by atoms with van der Waals surface area (Å²) >= 11 is 0. The van der Waals surface area contributed by atoms with E-state index < -0.39 is 5.54 Å². The van der Waals surface area contributed by atoms with Crippen molar-refractivity contribution in [2.45, 2.75) is 43.7 Å². The van der Waals surface area contributed by atoms with Crippen molar-refractivity contribution in [3.05, 3.63) is 71.8 Å². The molecule has 2 aromatic carbocycles. The Bertz CT molecular complexity index is 787. The molecular formula is C25H32N2O2. The summed E-state index contributed by atoms with van der Waals surface area (Å²) in [6.07, 6.45) is 4.82. The van der Waals surface area contributed by atoms with E-state index in [0.29, 0.717) is 5.92 Å². The molecule has 0 saturated carbocycles. The highest BCUT2D eigenvalue weighted by atomic mass is 16.5. The average Bonchev–Trinajstić information content (AvgIpc) is 3.19. The van der Waals surface area contributed by atoms with Gasteiger partial charge in [-0.1, -0.05) is 60.7 Å². The Morgan fingerprint density at radius 3 is 2.24 bits per heavy atom. The van der Waals surface area contributed by atoms with Crippen LogP contribution in [0.25, 0.3) is 0 Å². The molecule has 1 N–H and O–H groups in total. The van der Waals surface area contributed by atoms with Crippen molar-refractivity contribution in [2.75, 3.05) is 26.7 Å². The third kappa shape index (κ3) is 4.71. The highest BCUT2D eigenvalue weighted by molar-refractivity contribution is 5.87. The highest BCUT2D eigenvalue weighted by Gasteiger charge is 2.47. The number of hydrogen-bond acceptors (Lipinski definition) is 3. The monoisotopic (exact) mass is 392 g/mol. The quantitative estimate of drug-likeness (QED) is 0.819. The number of methoxy groups -OCH3 is 1. The zero-order valence-electron chi connectivity index (χ0n) is 17.3. The van der Waals surface area contributed by atoms with E-state index in [9.17, 15) is 4.79 Å². The molecule has 1 amide bonds. The fourth-order valence-corrected chi connectivity index (χ4v) is 4.92. The average molecular weight is 393 g/mol. The second-order valence-corrected chi connectivity index (χ2v) is 8.61. The van der Waals surface area contributed by atoms with Gasteiger partial charge >= 0.3 is 0 Å². The van der Waals surface area contributed by atoms with Crippen molar-refractivity contribution in [3.8, 4) is 0 Å². The lowest BCUT2D eigenvalue weighted by Gasteiger charge is -2.39. The minimum Gasteiger partial charge on any atom is -0.380 e. The molecule has 0 spiro atoms. The predicted octanol–water partition coefficient (Wildman–Crippen LogP) is 3.46. The van der Waals surface area contributed by atoms with Crippen LogP contribution in [0.4, 0.5) is 0 Å². The lowest BCUT2D eigenvalue weighted by Crippen LogP contribution is -2.57. The molecule has 0 aromatic heterocycles. The Hall–Kier alpha value is -2.17. The molecule has 2 fully saturated rings. The van der Waals surface area contributed by atoms with Gasteiger partial charge in [-0.25, -0.2) is 0 Å². The van der Waals surface area contributed by atoms with E-state index in [2.05, 4.69) is 52.7 Å². The lowest BCUT2D eigenvalue weighted by molar-refractivity contribution is -0.139. The Labute approximate surface area is 174 Å². The molecule has 154 valence electrons. The fraction of sp³-hybridized carbons (Fsp3) is 0.480. The largest absolute Gasteiger partial charge is 0.380 e. The van der Waals surface area contributed by atoms with Crippen molar-refractivity contribution < 1.29 is 9.53 Å². The van der Waals surface area contributed by atoms with Crippen molar-refractivity contribution in [2.24, 2.45) is 5.92 Å². The number of likely N-dealkylation sites (tertiary alicyclic amines) is 1. The van der Waals surface area contributed by atoms with Crippen LogP contribution in [0, 0.1) is 5.92 Å². The van der Waals surface area contributed by atoms with Crippen LogP contribution in [-0.2, 0) is 22.4 Å². The maximum Gasteiger partial charge on any atom is 0.243 e. The van der Waals surface area contributed by atoms with Gasteiger partial charge in [0.15, 0.2) is 0 Å². The molecule has 4 rings (SSSR count). The summed E-state index contributed by atoms with van der Waals surface area (Å²) in [5, 5.41) is 3.55. The van der Waals surface area contributed by atoms with Crippen LogP contribution in [0.3, 0.4) is 0 Å². The van der Waals surface area contributed by atoms with E-state index in [0.717, 1.165) is 51.7 Å². The molecule has 0 bridgehead atoms. The molecule has 2 aromatic rings. The Balaban J connectivity index is 1.42. The maximum atomic E-state index is 13.7. The smallest absolute Gasteiger partial charge is 0.243 e. The summed E-state index contributed by atoms with van der Waals surface area (Å²) in [7, 11) is 1.74. The molecule has 0 aliphatic carbocycles. The molecular weight excluding hydrogens is 360 g/mol. The second kappa shape index (κ2) is 9.10. The van der Waals surface area contributed by atoms with Crippen LogP contribution in [0.15, 0.2) is 60.7 Å². The second-order valence-electron chi connectivity index (χ2n) is 8.61. The molecule has 2 aliphatic rings. The zero-order chi connectivity index (χ0) is 20.1. The summed E-state index contributed by atoms with van der Waals surface area (Å²) in [6, 6.07) is 21.1. The maximum absolute atomic E-state index is 13.7. The molecule has 2 aliphatic heterocycles. The van der Waals surface area contributed by atoms with E-state index in [1.54, 1.807) is 7.11 Å². The Morgan fingerprint density at radius 2 is 1.66 bits per heavy atom. The van der Waals surface area contributed by atoms with Crippen LogP contribution in [0.1, 0.15) is 30.4 Å². The minimum absolute atomic E-state index is 0.0956. The number of amides is 1. The molecule has 2 atom stereocenters. The van der Waals surface area contributed by atoms with Crippen molar-refractivity contribution in [1.29, 1.82) is 0 Å². The van der Waals surface area contributed by atoms with Gasteiger partial charge in [-0.2, -0.15) is 0 Å². The summed E-state index contributed by atoms with van der Waals surface area (Å²) in [4.78, 5) is 15.8. The summed E-state index contributed by atoms with van der Waals surface area (Å²) in [5.41, 5.74) is 2.05. The number of nitrogens with one attached hydrogen (secondary N) is 1. The van der Waals surface area contributed by atoms with Crippen molar-refractivity contribution in [3.63, 3.8) is 0 Å². The predicted molar refractivity (Wildman–Crippen MR) is 116 cm³/mol. The van der Waals surface area contributed by atoms with Gasteiger partial charge in [0.2, 0.25) is 5.91 Å². The third-order valence-electron chi connectivity index (χ3n) is 6.60. The number of rotatable bonds is 6. The van der Waals surface area contributed by atoms with Gasteiger partial charge in [0, 0.05) is 33.2 Å². The molecule has 4 nitrogen and oxygen atoms in total. The normalized spacial score (nSPS) is 25.3. The first-order valence-corrected chi connectivity index (χ1v) is 10.8. The topological polar surface area (TPSA) is 41.6 Å². The Kier molecular flexibility index (Phi) is 6.31. The molecule has 4 heteroatoms. The van der Waals surface area contributed by atoms with E-state index in [4.69, 9.17) is 4.74 Å². The van der Waals surface area contributed by atoms with Gasteiger partial charge in [0.05, 0.1) is 6.10 Å². The number of ether oxygens (including phenoxy) is 1. The Morgan fingerprint density at radius 1 is 1.03 bits per heavy atom. The fourth-order valence-electron chi connectivity index (χ4n) is 4.92. The molecule has 2 saturated heterocycles. The van der Waals surface area contributed by atoms with Crippen LogP contribution in [-0.4, -0.2) is 49.2 Å². The number of carbonyl (C=O) groups is 1. The molecule has 0 unspecified atom stereocenters. The van der Waals surface area contributed by atoms with Gasteiger partial charge in [-0.3, -0.25) is 4.79 Å². The van der Waals surface area contributed by atoms with Crippen molar-refractivity contribution >= 4 is 5.91 Å². The van der Waals surface area contributed by atoms with Gasteiger partial charge in [0.1, 0.15) is 5.54 Å². The SMILES string of the molecule is CO[C@H]1CN[C@](Cc2ccccc2)(C(=O)N2CCC(Cc3ccccc3)CC2)C1. The molecule has 0 radical (unpaired) electrons. The number of carbonyl (C=O) groups excluding carboxylic acids is 1. The van der Waals surface area contributed by atoms with E-state index in [-0.39, 0.29) is 12.0 Å². The number of hydrogen-bond donors (Lipinski definition) is 1. The zero-order valence-corrected chi connectivity index (χ0v) is 17.3. The summed E-state index contributed by atoms with van der Waals surface area (Å²) in [6.45, 7) is 2.44. The van der Waals surface area contributed by atoms with Gasteiger partial charge in [-0.15, -0.1) is 0 Å². The first-order chi connectivity index (χ1) is 14.2. The molecule has 29 heavy (non-hydrogen) atoms.